The smallest absolute Gasteiger partial charge is 0.230 e. The summed E-state index contributed by atoms with van der Waals surface area (Å²) in [6.07, 6.45) is 1.42. The van der Waals surface area contributed by atoms with Gasteiger partial charge in [0.15, 0.2) is 6.54 Å². The van der Waals surface area contributed by atoms with E-state index in [1.807, 2.05) is 51.1 Å². The van der Waals surface area contributed by atoms with E-state index < -0.39 is 5.41 Å². The van der Waals surface area contributed by atoms with Crippen molar-refractivity contribution in [2.45, 2.75) is 27.3 Å². The van der Waals surface area contributed by atoms with E-state index in [2.05, 4.69) is 10.3 Å². The van der Waals surface area contributed by atoms with Crippen LogP contribution in [-0.2, 0) is 11.3 Å². The quantitative estimate of drug-likeness (QED) is 0.408. The topological polar surface area (TPSA) is 68.1 Å². The number of carbonyl (C=O) groups excluding carboxylic acids is 1. The van der Waals surface area contributed by atoms with Gasteiger partial charge in [-0.2, -0.15) is 0 Å². The molecular formula is C18H21N3O2. The third-order valence-electron chi connectivity index (χ3n) is 3.15. The van der Waals surface area contributed by atoms with Crippen molar-refractivity contribution in [3.63, 3.8) is 0 Å². The van der Waals surface area contributed by atoms with Gasteiger partial charge in [-0.3, -0.25) is 4.79 Å². The van der Waals surface area contributed by atoms with Gasteiger partial charge in [0.05, 0.1) is 0 Å². The van der Waals surface area contributed by atoms with Crippen LogP contribution in [0.3, 0.4) is 0 Å². The lowest BCUT2D eigenvalue weighted by Crippen LogP contribution is -2.28. The molecule has 0 saturated heterocycles. The summed E-state index contributed by atoms with van der Waals surface area (Å²) in [6.45, 7) is 5.74. The minimum Gasteiger partial charge on any atom is -0.623 e. The van der Waals surface area contributed by atoms with E-state index in [-0.39, 0.29) is 12.5 Å². The van der Waals surface area contributed by atoms with Gasteiger partial charge >= 0.3 is 0 Å². The largest absolute Gasteiger partial charge is 0.623 e. The van der Waals surface area contributed by atoms with Crippen molar-refractivity contribution < 1.29 is 9.53 Å². The monoisotopic (exact) mass is 311 g/mol. The Bertz CT molecular complexity index is 704. The molecule has 1 aromatic heterocycles. The van der Waals surface area contributed by atoms with Gasteiger partial charge in [-0.15, -0.1) is 0 Å². The van der Waals surface area contributed by atoms with Crippen LogP contribution < -0.4 is 5.32 Å². The molecule has 1 amide bonds. The lowest BCUT2D eigenvalue weighted by atomic mass is 9.96. The summed E-state index contributed by atoms with van der Waals surface area (Å²) in [5.41, 5.74) is 0.929. The summed E-state index contributed by atoms with van der Waals surface area (Å²) in [5, 5.41) is 14.8. The van der Waals surface area contributed by atoms with Crippen LogP contribution in [0.15, 0.2) is 48.5 Å². The number of benzene rings is 1. The summed E-state index contributed by atoms with van der Waals surface area (Å²) >= 11 is 0. The molecular weight excluding hydrogens is 290 g/mol. The van der Waals surface area contributed by atoms with Crippen LogP contribution in [-0.4, -0.2) is 21.8 Å². The first-order valence-corrected chi connectivity index (χ1v) is 7.46. The molecule has 2 rings (SSSR count). The second-order valence-electron chi connectivity index (χ2n) is 6.34. The van der Waals surface area contributed by atoms with Crippen molar-refractivity contribution in [3.05, 3.63) is 65.0 Å². The number of hydroxylamine groups is 1. The first kappa shape index (κ1) is 16.7. The Balaban J connectivity index is 2.10. The summed E-state index contributed by atoms with van der Waals surface area (Å²) in [6, 6.07) is 14.7. The summed E-state index contributed by atoms with van der Waals surface area (Å²) in [5.74, 6) is 0.317. The summed E-state index contributed by atoms with van der Waals surface area (Å²) in [4.78, 5) is 16.3. The van der Waals surface area contributed by atoms with Crippen molar-refractivity contribution in [1.29, 1.82) is 0 Å². The maximum absolute atomic E-state index is 12.0. The van der Waals surface area contributed by atoms with Gasteiger partial charge in [-0.1, -0.05) is 57.2 Å². The molecule has 0 aliphatic rings. The average Bonchev–Trinajstić information content (AvgIpc) is 2.47. The van der Waals surface area contributed by atoms with Gasteiger partial charge in [0.25, 0.3) is 0 Å². The van der Waals surface area contributed by atoms with Crippen LogP contribution in [0.4, 0.5) is 5.82 Å². The molecule has 0 aliphatic carbocycles. The summed E-state index contributed by atoms with van der Waals surface area (Å²) in [7, 11) is 0. The molecule has 5 nitrogen and oxygen atoms in total. The van der Waals surface area contributed by atoms with Gasteiger partial charge in [-0.05, 0) is 12.1 Å². The minimum atomic E-state index is -0.501. The molecule has 0 spiro atoms. The van der Waals surface area contributed by atoms with Crippen molar-refractivity contribution in [2.24, 2.45) is 5.41 Å². The van der Waals surface area contributed by atoms with E-state index in [0.717, 1.165) is 10.3 Å². The predicted molar refractivity (Wildman–Crippen MR) is 91.3 cm³/mol. The molecule has 1 N–H and O–H groups in total. The first-order chi connectivity index (χ1) is 10.8. The number of nitrogens with zero attached hydrogens (tertiary/aromatic N) is 2. The fourth-order valence-electron chi connectivity index (χ4n) is 1.85. The Morgan fingerprint density at radius 1 is 1.17 bits per heavy atom. The molecule has 5 heteroatoms. The minimum absolute atomic E-state index is 0.120. The highest BCUT2D eigenvalue weighted by Gasteiger charge is 2.21. The Kier molecular flexibility index (Phi) is 5.11. The fourth-order valence-corrected chi connectivity index (χ4v) is 1.85. The molecule has 0 bridgehead atoms. The van der Waals surface area contributed by atoms with E-state index in [9.17, 15) is 10.0 Å². The molecule has 0 radical (unpaired) electrons. The predicted octanol–water partition coefficient (Wildman–Crippen LogP) is 3.20. The van der Waals surface area contributed by atoms with Crippen LogP contribution in [0.25, 0.3) is 0 Å². The molecule has 2 aromatic rings. The third kappa shape index (κ3) is 5.21. The van der Waals surface area contributed by atoms with E-state index >= 15 is 0 Å². The molecule has 0 saturated carbocycles. The van der Waals surface area contributed by atoms with Crippen LogP contribution in [0.2, 0.25) is 0 Å². The van der Waals surface area contributed by atoms with Crippen LogP contribution in [0.1, 0.15) is 32.0 Å². The zero-order valence-electron chi connectivity index (χ0n) is 13.6. The standard InChI is InChI=1S/C18H21N3O2/c1-18(2,3)17(22)20-16-11-7-10-15(19-16)13-21(23)12-14-8-5-4-6-9-14/h4-11,13H,12H2,1-3H3,(H,19,20,22). The van der Waals surface area contributed by atoms with Crippen molar-refractivity contribution in [3.8, 4) is 0 Å². The van der Waals surface area contributed by atoms with Crippen molar-refractivity contribution in [2.75, 3.05) is 5.32 Å². The zero-order chi connectivity index (χ0) is 16.9. The van der Waals surface area contributed by atoms with E-state index in [4.69, 9.17) is 0 Å². The number of anilines is 1. The number of hydrogen-bond donors (Lipinski definition) is 1. The average molecular weight is 311 g/mol. The van der Waals surface area contributed by atoms with Gasteiger partial charge in [-0.25, -0.2) is 9.72 Å². The second-order valence-corrected chi connectivity index (χ2v) is 6.34. The van der Waals surface area contributed by atoms with Crippen molar-refractivity contribution >= 4 is 17.9 Å². The zero-order valence-corrected chi connectivity index (χ0v) is 13.6. The lowest BCUT2D eigenvalue weighted by molar-refractivity contribution is -0.469. The molecule has 1 aromatic carbocycles. The van der Waals surface area contributed by atoms with Gasteiger partial charge in [0.2, 0.25) is 12.1 Å². The van der Waals surface area contributed by atoms with Crippen LogP contribution >= 0.6 is 0 Å². The maximum atomic E-state index is 12.0. The van der Waals surface area contributed by atoms with Gasteiger partial charge in [0.1, 0.15) is 11.5 Å². The highest BCUT2D eigenvalue weighted by Crippen LogP contribution is 2.16. The van der Waals surface area contributed by atoms with E-state index in [1.165, 1.54) is 6.21 Å². The Morgan fingerprint density at radius 2 is 1.87 bits per heavy atom. The highest BCUT2D eigenvalue weighted by atomic mass is 16.5. The van der Waals surface area contributed by atoms with Gasteiger partial charge < -0.3 is 10.5 Å². The molecule has 0 unspecified atom stereocenters. The number of aromatic nitrogens is 1. The molecule has 0 atom stereocenters. The number of rotatable bonds is 4. The number of pyridine rings is 1. The Labute approximate surface area is 136 Å². The number of carbonyl (C=O) groups is 1. The van der Waals surface area contributed by atoms with Crippen LogP contribution in [0, 0.1) is 10.6 Å². The molecule has 23 heavy (non-hydrogen) atoms. The van der Waals surface area contributed by atoms with Crippen LogP contribution in [0.5, 0.6) is 0 Å². The second kappa shape index (κ2) is 7.05. The van der Waals surface area contributed by atoms with Gasteiger partial charge in [0, 0.05) is 11.0 Å². The number of nitrogens with one attached hydrogen (secondary N) is 1. The highest BCUT2D eigenvalue weighted by molar-refractivity contribution is 5.93. The maximum Gasteiger partial charge on any atom is 0.230 e. The van der Waals surface area contributed by atoms with E-state index in [0.29, 0.717) is 11.5 Å². The SMILES string of the molecule is CC(C)(C)C(=O)Nc1cccc(C=[N+]([O-])Cc2ccccc2)n1. The van der Waals surface area contributed by atoms with Crippen molar-refractivity contribution in [1.82, 2.24) is 4.98 Å². The molecule has 0 aliphatic heterocycles. The molecule has 120 valence electrons. The Morgan fingerprint density at radius 3 is 2.52 bits per heavy atom. The lowest BCUT2D eigenvalue weighted by Gasteiger charge is -2.17. The summed E-state index contributed by atoms with van der Waals surface area (Å²) < 4.78 is 0.826. The normalized spacial score (nSPS) is 12.0. The fraction of sp³-hybridized carbons (Fsp3) is 0.278. The van der Waals surface area contributed by atoms with E-state index in [1.54, 1.807) is 18.2 Å². The Hall–Kier alpha value is -2.69. The first-order valence-electron chi connectivity index (χ1n) is 7.46. The number of amides is 1. The molecule has 0 fully saturated rings. The molecule has 1 heterocycles. The third-order valence-corrected chi connectivity index (χ3v) is 3.15. The number of hydrogen-bond acceptors (Lipinski definition) is 3.